The largest absolute Gasteiger partial charge is 0.273 e. The molecular weight excluding hydrogens is 236 g/mol. The molecule has 0 aliphatic heterocycles. The van der Waals surface area contributed by atoms with Gasteiger partial charge < -0.3 is 0 Å². The van der Waals surface area contributed by atoms with E-state index in [1.54, 1.807) is 0 Å². The van der Waals surface area contributed by atoms with Gasteiger partial charge in [-0.2, -0.15) is 5.10 Å². The Morgan fingerprint density at radius 3 is 2.63 bits per heavy atom. The molecule has 0 saturated heterocycles. The van der Waals surface area contributed by atoms with Gasteiger partial charge in [-0.25, -0.2) is 5.43 Å². The first-order valence-corrected chi connectivity index (χ1v) is 8.00. The molecular formula is C16H28N2O. The number of nitrogens with zero attached hydrogens (tertiary/aromatic N) is 1. The van der Waals surface area contributed by atoms with E-state index in [1.165, 1.54) is 38.5 Å². The van der Waals surface area contributed by atoms with Crippen LogP contribution in [-0.2, 0) is 4.79 Å². The Balaban J connectivity index is 1.76. The smallest absolute Gasteiger partial charge is 0.243 e. The number of carbonyl (C=O) groups is 1. The van der Waals surface area contributed by atoms with Gasteiger partial charge in [0, 0.05) is 12.1 Å². The van der Waals surface area contributed by atoms with Crippen molar-refractivity contribution < 1.29 is 4.79 Å². The molecule has 0 aromatic carbocycles. The quantitative estimate of drug-likeness (QED) is 0.612. The summed E-state index contributed by atoms with van der Waals surface area (Å²) in [5.74, 6) is 2.27. The predicted molar refractivity (Wildman–Crippen MR) is 78.9 cm³/mol. The summed E-state index contributed by atoms with van der Waals surface area (Å²) in [5, 5.41) is 4.22. The standard InChI is InChI=1S/C16H28N2O/c1-12-6-5-9-14(10-12)16(19)18-17-11-15-8-4-3-7-13(15)2/h11-15H,3-10H2,1-2H3,(H,18,19)/b17-11+. The summed E-state index contributed by atoms with van der Waals surface area (Å²) >= 11 is 0. The molecule has 0 radical (unpaired) electrons. The van der Waals surface area contributed by atoms with Crippen molar-refractivity contribution in [3.63, 3.8) is 0 Å². The molecule has 19 heavy (non-hydrogen) atoms. The third-order valence-corrected chi connectivity index (χ3v) is 4.93. The van der Waals surface area contributed by atoms with Gasteiger partial charge in [-0.1, -0.05) is 46.0 Å². The first-order chi connectivity index (χ1) is 9.16. The van der Waals surface area contributed by atoms with Crippen LogP contribution in [0.1, 0.15) is 65.2 Å². The lowest BCUT2D eigenvalue weighted by Gasteiger charge is -2.26. The molecule has 2 rings (SSSR count). The molecule has 0 bridgehead atoms. The van der Waals surface area contributed by atoms with Crippen LogP contribution >= 0.6 is 0 Å². The van der Waals surface area contributed by atoms with Crippen LogP contribution in [0.3, 0.4) is 0 Å². The molecule has 4 atom stereocenters. The van der Waals surface area contributed by atoms with Crippen molar-refractivity contribution in [1.29, 1.82) is 0 Å². The highest BCUT2D eigenvalue weighted by atomic mass is 16.2. The van der Waals surface area contributed by atoms with Gasteiger partial charge in [0.05, 0.1) is 0 Å². The number of rotatable bonds is 3. The third kappa shape index (κ3) is 4.32. The highest BCUT2D eigenvalue weighted by molar-refractivity contribution is 5.79. The van der Waals surface area contributed by atoms with E-state index in [9.17, 15) is 4.79 Å². The van der Waals surface area contributed by atoms with Crippen molar-refractivity contribution in [2.24, 2.45) is 28.8 Å². The van der Waals surface area contributed by atoms with Gasteiger partial charge in [0.2, 0.25) is 5.91 Å². The number of hydrazone groups is 1. The number of amides is 1. The monoisotopic (exact) mass is 264 g/mol. The van der Waals surface area contributed by atoms with Crippen molar-refractivity contribution >= 4 is 12.1 Å². The fourth-order valence-corrected chi connectivity index (χ4v) is 3.53. The molecule has 3 heteroatoms. The van der Waals surface area contributed by atoms with Crippen molar-refractivity contribution in [2.45, 2.75) is 65.2 Å². The maximum absolute atomic E-state index is 12.0. The summed E-state index contributed by atoms with van der Waals surface area (Å²) in [5.41, 5.74) is 2.77. The number of nitrogens with one attached hydrogen (secondary N) is 1. The molecule has 2 fully saturated rings. The van der Waals surface area contributed by atoms with Gasteiger partial charge in [-0.3, -0.25) is 4.79 Å². The number of hydrogen-bond donors (Lipinski definition) is 1. The number of hydrogen-bond acceptors (Lipinski definition) is 2. The average Bonchev–Trinajstić information content (AvgIpc) is 2.41. The zero-order valence-corrected chi connectivity index (χ0v) is 12.4. The van der Waals surface area contributed by atoms with E-state index < -0.39 is 0 Å². The first kappa shape index (κ1) is 14.5. The maximum atomic E-state index is 12.0. The van der Waals surface area contributed by atoms with Gasteiger partial charge in [0.15, 0.2) is 0 Å². The van der Waals surface area contributed by atoms with E-state index in [4.69, 9.17) is 0 Å². The van der Waals surface area contributed by atoms with Crippen LogP contribution in [0.25, 0.3) is 0 Å². The lowest BCUT2D eigenvalue weighted by molar-refractivity contribution is -0.126. The van der Waals surface area contributed by atoms with Crippen molar-refractivity contribution in [1.82, 2.24) is 5.43 Å². The van der Waals surface area contributed by atoms with E-state index in [0.717, 1.165) is 12.8 Å². The second-order valence-electron chi connectivity index (χ2n) is 6.65. The summed E-state index contributed by atoms with van der Waals surface area (Å²) in [6, 6.07) is 0. The SMILES string of the molecule is CC1CCCC(C(=O)N/N=C/C2CCCCC2C)C1. The topological polar surface area (TPSA) is 41.5 Å². The van der Waals surface area contributed by atoms with Gasteiger partial charge in [-0.15, -0.1) is 0 Å². The lowest BCUT2D eigenvalue weighted by Crippen LogP contribution is -2.31. The summed E-state index contributed by atoms with van der Waals surface area (Å²) in [7, 11) is 0. The van der Waals surface area contributed by atoms with Crippen molar-refractivity contribution in [3.05, 3.63) is 0 Å². The van der Waals surface area contributed by atoms with E-state index in [2.05, 4.69) is 24.4 Å². The van der Waals surface area contributed by atoms with Crippen LogP contribution in [0.4, 0.5) is 0 Å². The van der Waals surface area contributed by atoms with Crippen LogP contribution in [0, 0.1) is 23.7 Å². The summed E-state index contributed by atoms with van der Waals surface area (Å²) in [6.45, 7) is 4.53. The van der Waals surface area contributed by atoms with Crippen molar-refractivity contribution in [3.8, 4) is 0 Å². The fourth-order valence-electron chi connectivity index (χ4n) is 3.53. The van der Waals surface area contributed by atoms with Crippen molar-refractivity contribution in [2.75, 3.05) is 0 Å². The summed E-state index contributed by atoms with van der Waals surface area (Å²) in [6.07, 6.45) is 11.7. The van der Waals surface area contributed by atoms with Crippen LogP contribution < -0.4 is 5.43 Å². The summed E-state index contributed by atoms with van der Waals surface area (Å²) < 4.78 is 0. The summed E-state index contributed by atoms with van der Waals surface area (Å²) in [4.78, 5) is 12.0. The Morgan fingerprint density at radius 1 is 1.11 bits per heavy atom. The highest BCUT2D eigenvalue weighted by Gasteiger charge is 2.25. The Kier molecular flexibility index (Phi) is 5.41. The molecule has 1 N–H and O–H groups in total. The highest BCUT2D eigenvalue weighted by Crippen LogP contribution is 2.29. The third-order valence-electron chi connectivity index (χ3n) is 4.93. The van der Waals surface area contributed by atoms with Gasteiger partial charge in [0.1, 0.15) is 0 Å². The van der Waals surface area contributed by atoms with Gasteiger partial charge >= 0.3 is 0 Å². The molecule has 1 amide bonds. The molecule has 2 aliphatic rings. The molecule has 0 heterocycles. The average molecular weight is 264 g/mol. The second-order valence-corrected chi connectivity index (χ2v) is 6.65. The molecule has 0 aromatic rings. The lowest BCUT2D eigenvalue weighted by atomic mass is 9.81. The Hall–Kier alpha value is -0.860. The van der Waals surface area contributed by atoms with Crippen LogP contribution in [0.5, 0.6) is 0 Å². The van der Waals surface area contributed by atoms with Gasteiger partial charge in [0.25, 0.3) is 0 Å². The van der Waals surface area contributed by atoms with E-state index in [-0.39, 0.29) is 11.8 Å². The molecule has 0 aromatic heterocycles. The Labute approximate surface area is 117 Å². The van der Waals surface area contributed by atoms with E-state index in [0.29, 0.717) is 17.8 Å². The zero-order chi connectivity index (χ0) is 13.7. The van der Waals surface area contributed by atoms with E-state index in [1.807, 2.05) is 6.21 Å². The minimum absolute atomic E-state index is 0.131. The van der Waals surface area contributed by atoms with Crippen LogP contribution in [0.2, 0.25) is 0 Å². The molecule has 4 unspecified atom stereocenters. The molecule has 108 valence electrons. The minimum Gasteiger partial charge on any atom is -0.273 e. The fraction of sp³-hybridized carbons (Fsp3) is 0.875. The minimum atomic E-state index is 0.131. The normalized spacial score (nSPS) is 36.3. The predicted octanol–water partition coefficient (Wildman–Crippen LogP) is 3.74. The van der Waals surface area contributed by atoms with Crippen LogP contribution in [-0.4, -0.2) is 12.1 Å². The Morgan fingerprint density at radius 2 is 1.89 bits per heavy atom. The first-order valence-electron chi connectivity index (χ1n) is 8.00. The van der Waals surface area contributed by atoms with Gasteiger partial charge in [-0.05, 0) is 37.0 Å². The molecule has 2 aliphatic carbocycles. The molecule has 3 nitrogen and oxygen atoms in total. The second kappa shape index (κ2) is 7.06. The Bertz CT molecular complexity index is 327. The van der Waals surface area contributed by atoms with E-state index >= 15 is 0 Å². The maximum Gasteiger partial charge on any atom is 0.243 e. The molecule has 0 spiro atoms. The zero-order valence-electron chi connectivity index (χ0n) is 12.4. The number of carbonyl (C=O) groups excluding carboxylic acids is 1. The molecule has 2 saturated carbocycles. The van der Waals surface area contributed by atoms with Crippen LogP contribution in [0.15, 0.2) is 5.10 Å².